The van der Waals surface area contributed by atoms with Crippen molar-refractivity contribution in [1.82, 2.24) is 9.97 Å². The van der Waals surface area contributed by atoms with Crippen molar-refractivity contribution in [3.05, 3.63) is 27.4 Å². The summed E-state index contributed by atoms with van der Waals surface area (Å²) in [5.74, 6) is 1.43. The summed E-state index contributed by atoms with van der Waals surface area (Å²) in [6, 6.07) is 0. The first-order valence-electron chi connectivity index (χ1n) is 7.67. The zero-order valence-corrected chi connectivity index (χ0v) is 12.1. The SMILES string of the molecule is CC1(C)CCC(c2nc3c(c(=O)[nH]2)CCCC3)CC1. The molecule has 1 N–H and O–H groups in total. The van der Waals surface area contributed by atoms with Crippen molar-refractivity contribution in [3.8, 4) is 0 Å². The molecule has 0 spiro atoms. The van der Waals surface area contributed by atoms with Gasteiger partial charge in [-0.05, 0) is 56.8 Å². The van der Waals surface area contributed by atoms with Crippen molar-refractivity contribution in [2.24, 2.45) is 5.41 Å². The van der Waals surface area contributed by atoms with Crippen LogP contribution in [0.25, 0.3) is 0 Å². The van der Waals surface area contributed by atoms with Gasteiger partial charge in [0.2, 0.25) is 0 Å². The van der Waals surface area contributed by atoms with E-state index >= 15 is 0 Å². The molecule has 104 valence electrons. The first kappa shape index (κ1) is 12.9. The Morgan fingerprint density at radius 1 is 1.16 bits per heavy atom. The summed E-state index contributed by atoms with van der Waals surface area (Å²) >= 11 is 0. The molecule has 0 unspecified atom stereocenters. The molecular formula is C16H24N2O. The van der Waals surface area contributed by atoms with Crippen molar-refractivity contribution in [2.75, 3.05) is 0 Å². The Balaban J connectivity index is 1.86. The van der Waals surface area contributed by atoms with Crippen molar-refractivity contribution >= 4 is 0 Å². The second-order valence-corrected chi connectivity index (χ2v) is 7.02. The van der Waals surface area contributed by atoms with Gasteiger partial charge >= 0.3 is 0 Å². The highest BCUT2D eigenvalue weighted by Gasteiger charge is 2.29. The van der Waals surface area contributed by atoms with Crippen LogP contribution in [0.2, 0.25) is 0 Å². The zero-order valence-electron chi connectivity index (χ0n) is 12.1. The fourth-order valence-electron chi connectivity index (χ4n) is 3.49. The minimum Gasteiger partial charge on any atom is -0.310 e. The van der Waals surface area contributed by atoms with E-state index in [1.807, 2.05) is 0 Å². The molecule has 0 saturated heterocycles. The summed E-state index contributed by atoms with van der Waals surface area (Å²) in [6.07, 6.45) is 9.01. The number of fused-ring (bicyclic) bond motifs is 1. The van der Waals surface area contributed by atoms with Crippen LogP contribution in [0.1, 0.15) is 75.4 Å². The third-order valence-electron chi connectivity index (χ3n) is 4.94. The molecule has 19 heavy (non-hydrogen) atoms. The predicted octanol–water partition coefficient (Wildman–Crippen LogP) is 3.33. The molecule has 3 rings (SSSR count). The summed E-state index contributed by atoms with van der Waals surface area (Å²) in [7, 11) is 0. The van der Waals surface area contributed by atoms with E-state index in [1.165, 1.54) is 19.3 Å². The van der Waals surface area contributed by atoms with Crippen molar-refractivity contribution in [1.29, 1.82) is 0 Å². The Morgan fingerprint density at radius 3 is 2.58 bits per heavy atom. The lowest BCUT2D eigenvalue weighted by Gasteiger charge is -2.34. The highest BCUT2D eigenvalue weighted by Crippen LogP contribution is 2.41. The second kappa shape index (κ2) is 4.77. The molecule has 3 nitrogen and oxygen atoms in total. The minimum absolute atomic E-state index is 0.129. The zero-order chi connectivity index (χ0) is 13.5. The van der Waals surface area contributed by atoms with Gasteiger partial charge in [0, 0.05) is 11.5 Å². The van der Waals surface area contributed by atoms with Crippen LogP contribution in [0.4, 0.5) is 0 Å². The monoisotopic (exact) mass is 260 g/mol. The van der Waals surface area contributed by atoms with Crippen LogP contribution in [-0.2, 0) is 12.8 Å². The molecule has 1 saturated carbocycles. The number of nitrogens with zero attached hydrogens (tertiary/aromatic N) is 1. The molecule has 2 aliphatic rings. The molecule has 1 aromatic heterocycles. The van der Waals surface area contributed by atoms with Gasteiger partial charge in [-0.15, -0.1) is 0 Å². The second-order valence-electron chi connectivity index (χ2n) is 7.02. The molecule has 0 aliphatic heterocycles. The van der Waals surface area contributed by atoms with E-state index in [9.17, 15) is 4.79 Å². The average Bonchev–Trinajstić information content (AvgIpc) is 2.38. The van der Waals surface area contributed by atoms with Crippen LogP contribution >= 0.6 is 0 Å². The number of hydrogen-bond acceptors (Lipinski definition) is 2. The maximum Gasteiger partial charge on any atom is 0.254 e. The largest absolute Gasteiger partial charge is 0.310 e. The van der Waals surface area contributed by atoms with Crippen LogP contribution in [0.5, 0.6) is 0 Å². The van der Waals surface area contributed by atoms with E-state index in [2.05, 4.69) is 18.8 Å². The van der Waals surface area contributed by atoms with Crippen LogP contribution in [0, 0.1) is 5.41 Å². The van der Waals surface area contributed by atoms with Crippen LogP contribution in [-0.4, -0.2) is 9.97 Å². The van der Waals surface area contributed by atoms with Crippen LogP contribution < -0.4 is 5.56 Å². The van der Waals surface area contributed by atoms with E-state index in [-0.39, 0.29) is 5.56 Å². The smallest absolute Gasteiger partial charge is 0.254 e. The lowest BCUT2D eigenvalue weighted by molar-refractivity contribution is 0.220. The van der Waals surface area contributed by atoms with Gasteiger partial charge in [-0.3, -0.25) is 4.79 Å². The normalized spacial score (nSPS) is 23.1. The Morgan fingerprint density at radius 2 is 1.84 bits per heavy atom. The molecule has 1 aromatic rings. The predicted molar refractivity (Wildman–Crippen MR) is 76.5 cm³/mol. The third kappa shape index (κ3) is 2.60. The van der Waals surface area contributed by atoms with Crippen LogP contribution in [0.3, 0.4) is 0 Å². The molecule has 0 amide bonds. The molecule has 1 heterocycles. The van der Waals surface area contributed by atoms with Crippen molar-refractivity contribution < 1.29 is 0 Å². The first-order chi connectivity index (χ1) is 9.05. The van der Waals surface area contributed by atoms with E-state index in [4.69, 9.17) is 4.98 Å². The van der Waals surface area contributed by atoms with Crippen LogP contribution in [0.15, 0.2) is 4.79 Å². The average molecular weight is 260 g/mol. The first-order valence-corrected chi connectivity index (χ1v) is 7.67. The Hall–Kier alpha value is -1.12. The molecule has 0 atom stereocenters. The Labute approximate surface area is 114 Å². The maximum atomic E-state index is 12.2. The Kier molecular flexibility index (Phi) is 3.23. The summed E-state index contributed by atoms with van der Waals surface area (Å²) in [5.41, 5.74) is 2.62. The van der Waals surface area contributed by atoms with E-state index in [0.717, 1.165) is 49.2 Å². The molecule has 0 radical (unpaired) electrons. The van der Waals surface area contributed by atoms with Gasteiger partial charge in [0.05, 0.1) is 5.69 Å². The number of rotatable bonds is 1. The minimum atomic E-state index is 0.129. The van der Waals surface area contributed by atoms with E-state index < -0.39 is 0 Å². The quantitative estimate of drug-likeness (QED) is 0.841. The van der Waals surface area contributed by atoms with Gasteiger partial charge in [-0.25, -0.2) is 4.98 Å². The highest BCUT2D eigenvalue weighted by atomic mass is 16.1. The van der Waals surface area contributed by atoms with Gasteiger partial charge in [-0.2, -0.15) is 0 Å². The van der Waals surface area contributed by atoms with E-state index in [0.29, 0.717) is 11.3 Å². The van der Waals surface area contributed by atoms with Gasteiger partial charge in [0.25, 0.3) is 5.56 Å². The lowest BCUT2D eigenvalue weighted by atomic mass is 9.73. The fourth-order valence-corrected chi connectivity index (χ4v) is 3.49. The van der Waals surface area contributed by atoms with E-state index in [1.54, 1.807) is 0 Å². The van der Waals surface area contributed by atoms with Gasteiger partial charge < -0.3 is 4.98 Å². The van der Waals surface area contributed by atoms with Gasteiger partial charge in [0.1, 0.15) is 5.82 Å². The number of H-pyrrole nitrogens is 1. The number of aromatic amines is 1. The summed E-state index contributed by atoms with van der Waals surface area (Å²) < 4.78 is 0. The number of hydrogen-bond donors (Lipinski definition) is 1. The highest BCUT2D eigenvalue weighted by molar-refractivity contribution is 5.21. The topological polar surface area (TPSA) is 45.8 Å². The molecule has 0 bridgehead atoms. The van der Waals surface area contributed by atoms with Gasteiger partial charge in [0.15, 0.2) is 0 Å². The van der Waals surface area contributed by atoms with Crippen molar-refractivity contribution in [3.63, 3.8) is 0 Å². The fraction of sp³-hybridized carbons (Fsp3) is 0.750. The standard InChI is InChI=1S/C16H24N2O/c1-16(2)9-7-11(8-10-16)14-17-13-6-4-3-5-12(13)15(19)18-14/h11H,3-10H2,1-2H3,(H,17,18,19). The number of aromatic nitrogens is 2. The summed E-state index contributed by atoms with van der Waals surface area (Å²) in [5, 5.41) is 0. The van der Waals surface area contributed by atoms with Gasteiger partial charge in [-0.1, -0.05) is 13.8 Å². The maximum absolute atomic E-state index is 12.2. The Bertz CT molecular complexity index is 520. The molecule has 2 aliphatic carbocycles. The molecule has 1 fully saturated rings. The number of aryl methyl sites for hydroxylation is 1. The number of nitrogens with one attached hydrogen (secondary N) is 1. The summed E-state index contributed by atoms with van der Waals surface area (Å²) in [4.78, 5) is 20.0. The summed E-state index contributed by atoms with van der Waals surface area (Å²) in [6.45, 7) is 4.68. The lowest BCUT2D eigenvalue weighted by Crippen LogP contribution is -2.27. The van der Waals surface area contributed by atoms with Crippen molar-refractivity contribution in [2.45, 2.75) is 71.1 Å². The molecule has 3 heteroatoms. The third-order valence-corrected chi connectivity index (χ3v) is 4.94. The molecular weight excluding hydrogens is 236 g/mol. The molecule has 0 aromatic carbocycles.